The Balaban J connectivity index is 1.62. The zero-order valence-corrected chi connectivity index (χ0v) is 12.0. The Morgan fingerprint density at radius 2 is 2.45 bits per heavy atom. The minimum atomic E-state index is -0.136. The van der Waals surface area contributed by atoms with Crippen LogP contribution in [0.25, 0.3) is 10.8 Å². The Morgan fingerprint density at radius 1 is 1.55 bits per heavy atom. The average molecular weight is 292 g/mol. The average Bonchev–Trinajstić information content (AvgIpc) is 3.16. The van der Waals surface area contributed by atoms with E-state index in [2.05, 4.69) is 10.3 Å². The fourth-order valence-corrected chi connectivity index (χ4v) is 2.87. The van der Waals surface area contributed by atoms with E-state index in [1.54, 1.807) is 5.38 Å². The van der Waals surface area contributed by atoms with Crippen molar-refractivity contribution >= 4 is 17.2 Å². The fraction of sp³-hybridized carbons (Fsp3) is 0.429. The first-order chi connectivity index (χ1) is 9.72. The number of carbonyl (C=O) groups excluding carboxylic acids is 1. The van der Waals surface area contributed by atoms with E-state index in [0.29, 0.717) is 23.9 Å². The molecular formula is C14H16N2O3S. The molecule has 2 aromatic rings. The standard InChI is InChI=1S/C14H16N2O3S/c1-9-2-3-12(19-9)14-16-11(8-20-14)13(17)15-6-10-4-5-18-7-10/h2-3,8,10H,4-7H2,1H3,(H,15,17)/t10-/m1/s1. The molecule has 0 saturated carbocycles. The van der Waals surface area contributed by atoms with E-state index in [-0.39, 0.29) is 5.91 Å². The van der Waals surface area contributed by atoms with Crippen LogP contribution in [0.4, 0.5) is 0 Å². The van der Waals surface area contributed by atoms with Gasteiger partial charge in [0.05, 0.1) is 6.61 Å². The number of hydrogen-bond donors (Lipinski definition) is 1. The molecule has 1 saturated heterocycles. The molecule has 0 radical (unpaired) electrons. The van der Waals surface area contributed by atoms with Crippen LogP contribution in [0.1, 0.15) is 22.7 Å². The zero-order chi connectivity index (χ0) is 13.9. The highest BCUT2D eigenvalue weighted by atomic mass is 32.1. The van der Waals surface area contributed by atoms with Gasteiger partial charge < -0.3 is 14.5 Å². The quantitative estimate of drug-likeness (QED) is 0.940. The van der Waals surface area contributed by atoms with Gasteiger partial charge in [-0.05, 0) is 25.5 Å². The van der Waals surface area contributed by atoms with E-state index >= 15 is 0 Å². The van der Waals surface area contributed by atoms with Crippen molar-refractivity contribution in [3.05, 3.63) is 29.0 Å². The summed E-state index contributed by atoms with van der Waals surface area (Å²) in [4.78, 5) is 16.3. The first-order valence-electron chi connectivity index (χ1n) is 6.60. The second-order valence-electron chi connectivity index (χ2n) is 4.89. The molecule has 106 valence electrons. The summed E-state index contributed by atoms with van der Waals surface area (Å²) in [5, 5.41) is 5.39. The lowest BCUT2D eigenvalue weighted by molar-refractivity contribution is 0.0941. The van der Waals surface area contributed by atoms with Crippen molar-refractivity contribution in [2.75, 3.05) is 19.8 Å². The summed E-state index contributed by atoms with van der Waals surface area (Å²) < 4.78 is 10.8. The van der Waals surface area contributed by atoms with Gasteiger partial charge in [-0.25, -0.2) is 4.98 Å². The number of amides is 1. The Bertz CT molecular complexity index is 599. The summed E-state index contributed by atoms with van der Waals surface area (Å²) in [5.74, 6) is 1.82. The third-order valence-electron chi connectivity index (χ3n) is 3.26. The summed E-state index contributed by atoms with van der Waals surface area (Å²) in [6.07, 6.45) is 1.01. The molecule has 2 aromatic heterocycles. The molecule has 1 aliphatic rings. The Labute approximate surface area is 121 Å². The Morgan fingerprint density at radius 3 is 3.15 bits per heavy atom. The van der Waals surface area contributed by atoms with E-state index in [1.165, 1.54) is 11.3 Å². The molecule has 1 aliphatic heterocycles. The van der Waals surface area contributed by atoms with Crippen LogP contribution in [-0.4, -0.2) is 30.6 Å². The highest BCUT2D eigenvalue weighted by Crippen LogP contribution is 2.25. The van der Waals surface area contributed by atoms with Gasteiger partial charge in [-0.2, -0.15) is 0 Å². The third-order valence-corrected chi connectivity index (χ3v) is 4.12. The number of thiazole rings is 1. The van der Waals surface area contributed by atoms with Crippen LogP contribution in [0.15, 0.2) is 21.9 Å². The van der Waals surface area contributed by atoms with Crippen molar-refractivity contribution in [3.63, 3.8) is 0 Å². The summed E-state index contributed by atoms with van der Waals surface area (Å²) in [5.41, 5.74) is 0.443. The maximum atomic E-state index is 12.0. The number of ether oxygens (including phenoxy) is 1. The summed E-state index contributed by atoms with van der Waals surface area (Å²) >= 11 is 1.41. The maximum Gasteiger partial charge on any atom is 0.270 e. The van der Waals surface area contributed by atoms with Gasteiger partial charge in [0.15, 0.2) is 10.8 Å². The first kappa shape index (κ1) is 13.3. The number of hydrogen-bond acceptors (Lipinski definition) is 5. The molecule has 1 atom stereocenters. The number of carbonyl (C=O) groups is 1. The van der Waals surface area contributed by atoms with Crippen LogP contribution >= 0.6 is 11.3 Å². The van der Waals surface area contributed by atoms with Crippen molar-refractivity contribution in [3.8, 4) is 10.8 Å². The number of nitrogens with one attached hydrogen (secondary N) is 1. The number of aromatic nitrogens is 1. The maximum absolute atomic E-state index is 12.0. The van der Waals surface area contributed by atoms with Gasteiger partial charge in [0.2, 0.25) is 0 Å². The molecule has 0 spiro atoms. The molecule has 1 N–H and O–H groups in total. The third kappa shape index (κ3) is 2.91. The van der Waals surface area contributed by atoms with Crippen LogP contribution in [-0.2, 0) is 4.74 Å². The lowest BCUT2D eigenvalue weighted by Gasteiger charge is -2.07. The van der Waals surface area contributed by atoms with Crippen molar-refractivity contribution < 1.29 is 13.9 Å². The lowest BCUT2D eigenvalue weighted by atomic mass is 10.1. The number of aryl methyl sites for hydroxylation is 1. The second kappa shape index (κ2) is 5.76. The number of rotatable bonds is 4. The van der Waals surface area contributed by atoms with Gasteiger partial charge in [-0.1, -0.05) is 0 Å². The van der Waals surface area contributed by atoms with Gasteiger partial charge in [0.1, 0.15) is 11.5 Å². The molecule has 0 unspecified atom stereocenters. The molecule has 20 heavy (non-hydrogen) atoms. The van der Waals surface area contributed by atoms with Crippen LogP contribution in [0.3, 0.4) is 0 Å². The van der Waals surface area contributed by atoms with Gasteiger partial charge in [-0.15, -0.1) is 11.3 Å². The van der Waals surface area contributed by atoms with E-state index in [1.807, 2.05) is 19.1 Å². The number of nitrogens with zero attached hydrogens (tertiary/aromatic N) is 1. The predicted molar refractivity (Wildman–Crippen MR) is 75.8 cm³/mol. The van der Waals surface area contributed by atoms with Crippen molar-refractivity contribution in [1.29, 1.82) is 0 Å². The van der Waals surface area contributed by atoms with Gasteiger partial charge in [-0.3, -0.25) is 4.79 Å². The Hall–Kier alpha value is -1.66. The molecule has 1 amide bonds. The van der Waals surface area contributed by atoms with Crippen molar-refractivity contribution in [1.82, 2.24) is 10.3 Å². The smallest absolute Gasteiger partial charge is 0.270 e. The SMILES string of the molecule is Cc1ccc(-c2nc(C(=O)NC[C@H]3CCOC3)cs2)o1. The molecule has 0 bridgehead atoms. The molecule has 1 fully saturated rings. The first-order valence-corrected chi connectivity index (χ1v) is 7.48. The minimum Gasteiger partial charge on any atom is -0.459 e. The molecule has 0 aliphatic carbocycles. The fourth-order valence-electron chi connectivity index (χ4n) is 2.11. The predicted octanol–water partition coefficient (Wildman–Crippen LogP) is 2.48. The van der Waals surface area contributed by atoms with Crippen molar-refractivity contribution in [2.24, 2.45) is 5.92 Å². The summed E-state index contributed by atoms with van der Waals surface area (Å²) in [7, 11) is 0. The topological polar surface area (TPSA) is 64.4 Å². The van der Waals surface area contributed by atoms with Crippen LogP contribution < -0.4 is 5.32 Å². The molecule has 6 heteroatoms. The van der Waals surface area contributed by atoms with E-state index in [9.17, 15) is 4.79 Å². The van der Waals surface area contributed by atoms with Crippen LogP contribution in [0, 0.1) is 12.8 Å². The highest BCUT2D eigenvalue weighted by molar-refractivity contribution is 7.13. The van der Waals surface area contributed by atoms with E-state index in [0.717, 1.165) is 30.4 Å². The summed E-state index contributed by atoms with van der Waals surface area (Å²) in [6.45, 7) is 4.05. The van der Waals surface area contributed by atoms with Gasteiger partial charge in [0, 0.05) is 24.4 Å². The van der Waals surface area contributed by atoms with Crippen LogP contribution in [0.5, 0.6) is 0 Å². The highest BCUT2D eigenvalue weighted by Gasteiger charge is 2.18. The van der Waals surface area contributed by atoms with Gasteiger partial charge in [0.25, 0.3) is 5.91 Å². The van der Waals surface area contributed by atoms with Crippen molar-refractivity contribution in [2.45, 2.75) is 13.3 Å². The van der Waals surface area contributed by atoms with Gasteiger partial charge >= 0.3 is 0 Å². The van der Waals surface area contributed by atoms with E-state index < -0.39 is 0 Å². The zero-order valence-electron chi connectivity index (χ0n) is 11.2. The number of furan rings is 1. The molecule has 5 nitrogen and oxygen atoms in total. The lowest BCUT2D eigenvalue weighted by Crippen LogP contribution is -2.29. The molecule has 3 heterocycles. The molecule has 3 rings (SSSR count). The van der Waals surface area contributed by atoms with Crippen LogP contribution in [0.2, 0.25) is 0 Å². The monoisotopic (exact) mass is 292 g/mol. The molecule has 0 aromatic carbocycles. The largest absolute Gasteiger partial charge is 0.459 e. The minimum absolute atomic E-state index is 0.136. The Kier molecular flexibility index (Phi) is 3.84. The second-order valence-corrected chi connectivity index (χ2v) is 5.75. The molecular weight excluding hydrogens is 276 g/mol. The summed E-state index contributed by atoms with van der Waals surface area (Å²) in [6, 6.07) is 3.75. The normalized spacial score (nSPS) is 18.4. The van der Waals surface area contributed by atoms with E-state index in [4.69, 9.17) is 9.15 Å².